The van der Waals surface area contributed by atoms with Crippen LogP contribution in [0.4, 0.5) is 0 Å². The van der Waals surface area contributed by atoms with Gasteiger partial charge in [0.25, 0.3) is 11.8 Å². The summed E-state index contributed by atoms with van der Waals surface area (Å²) in [5.41, 5.74) is 7.92. The standard InChI is InChI=1S/C20H20N4O3/c1-14-8-15(2)10-17(9-14)27-12-19(25)22-23-20(26)18-11-21-13-24(18)16-6-4-3-5-7-16/h3-11,13H,12H2,1-2H3,(H,22,25)(H,23,26). The number of hydrogen-bond acceptors (Lipinski definition) is 4. The molecule has 0 spiro atoms. The van der Waals surface area contributed by atoms with Crippen LogP contribution >= 0.6 is 0 Å². The summed E-state index contributed by atoms with van der Waals surface area (Å²) in [5.74, 6) is -0.333. The average Bonchev–Trinajstić information content (AvgIpc) is 3.14. The fourth-order valence-electron chi connectivity index (χ4n) is 2.65. The third-order valence-electron chi connectivity index (χ3n) is 3.79. The third kappa shape index (κ3) is 4.72. The van der Waals surface area contributed by atoms with Crippen LogP contribution in [0.1, 0.15) is 21.6 Å². The fourth-order valence-corrected chi connectivity index (χ4v) is 2.65. The van der Waals surface area contributed by atoms with Crippen LogP contribution in [0.25, 0.3) is 5.69 Å². The minimum absolute atomic E-state index is 0.207. The van der Waals surface area contributed by atoms with Crippen molar-refractivity contribution in [2.75, 3.05) is 6.61 Å². The third-order valence-corrected chi connectivity index (χ3v) is 3.79. The van der Waals surface area contributed by atoms with E-state index in [1.54, 1.807) is 4.57 Å². The highest BCUT2D eigenvalue weighted by molar-refractivity contribution is 5.94. The molecule has 0 saturated carbocycles. The van der Waals surface area contributed by atoms with E-state index in [9.17, 15) is 9.59 Å². The molecule has 0 radical (unpaired) electrons. The second kappa shape index (κ2) is 8.18. The molecule has 3 rings (SSSR count). The van der Waals surface area contributed by atoms with Gasteiger partial charge in [-0.05, 0) is 49.2 Å². The van der Waals surface area contributed by atoms with Crippen molar-refractivity contribution in [3.63, 3.8) is 0 Å². The van der Waals surface area contributed by atoms with Gasteiger partial charge in [-0.1, -0.05) is 24.3 Å². The Morgan fingerprint density at radius 1 is 1.04 bits per heavy atom. The van der Waals surface area contributed by atoms with Gasteiger partial charge >= 0.3 is 0 Å². The van der Waals surface area contributed by atoms with Crippen LogP contribution in [0.2, 0.25) is 0 Å². The van der Waals surface area contributed by atoms with E-state index in [1.807, 2.05) is 62.4 Å². The van der Waals surface area contributed by atoms with Crippen molar-refractivity contribution < 1.29 is 14.3 Å². The molecule has 0 aliphatic carbocycles. The Balaban J connectivity index is 1.55. The second-order valence-corrected chi connectivity index (χ2v) is 6.10. The zero-order chi connectivity index (χ0) is 19.2. The van der Waals surface area contributed by atoms with Gasteiger partial charge in [-0.15, -0.1) is 0 Å². The summed E-state index contributed by atoms with van der Waals surface area (Å²) < 4.78 is 7.10. The number of benzene rings is 2. The molecule has 27 heavy (non-hydrogen) atoms. The quantitative estimate of drug-likeness (QED) is 0.681. The minimum Gasteiger partial charge on any atom is -0.484 e. The van der Waals surface area contributed by atoms with Crippen LogP contribution in [-0.4, -0.2) is 28.0 Å². The number of hydrazine groups is 1. The summed E-state index contributed by atoms with van der Waals surface area (Å²) in [6, 6.07) is 15.0. The van der Waals surface area contributed by atoms with E-state index in [2.05, 4.69) is 15.8 Å². The summed E-state index contributed by atoms with van der Waals surface area (Å²) >= 11 is 0. The van der Waals surface area contributed by atoms with Crippen molar-refractivity contribution in [1.82, 2.24) is 20.4 Å². The van der Waals surface area contributed by atoms with E-state index in [1.165, 1.54) is 12.5 Å². The van der Waals surface area contributed by atoms with Crippen molar-refractivity contribution in [1.29, 1.82) is 0 Å². The highest BCUT2D eigenvalue weighted by Gasteiger charge is 2.14. The van der Waals surface area contributed by atoms with Gasteiger partial charge in [0.15, 0.2) is 6.61 Å². The first-order valence-electron chi connectivity index (χ1n) is 8.41. The van der Waals surface area contributed by atoms with Gasteiger partial charge in [-0.25, -0.2) is 4.98 Å². The molecule has 0 unspecified atom stereocenters. The molecule has 2 amide bonds. The Kier molecular flexibility index (Phi) is 5.51. The van der Waals surface area contributed by atoms with Gasteiger partial charge in [-0.2, -0.15) is 0 Å². The summed E-state index contributed by atoms with van der Waals surface area (Å²) in [6.45, 7) is 3.70. The number of ether oxygens (including phenoxy) is 1. The molecule has 0 aliphatic rings. The normalized spacial score (nSPS) is 10.3. The van der Waals surface area contributed by atoms with E-state index in [4.69, 9.17) is 4.74 Å². The molecule has 0 atom stereocenters. The first-order valence-corrected chi connectivity index (χ1v) is 8.41. The molecule has 1 heterocycles. The average molecular weight is 364 g/mol. The van der Waals surface area contributed by atoms with Crippen LogP contribution in [0.15, 0.2) is 61.1 Å². The zero-order valence-electron chi connectivity index (χ0n) is 15.1. The van der Waals surface area contributed by atoms with Crippen molar-refractivity contribution in [3.8, 4) is 11.4 Å². The van der Waals surface area contributed by atoms with Crippen LogP contribution in [0.3, 0.4) is 0 Å². The topological polar surface area (TPSA) is 85.2 Å². The molecule has 138 valence electrons. The molecule has 2 aromatic carbocycles. The Hall–Kier alpha value is -3.61. The summed E-state index contributed by atoms with van der Waals surface area (Å²) in [4.78, 5) is 28.3. The highest BCUT2D eigenvalue weighted by Crippen LogP contribution is 2.16. The van der Waals surface area contributed by atoms with Gasteiger partial charge in [-0.3, -0.25) is 25.0 Å². The predicted molar refractivity (Wildman–Crippen MR) is 101 cm³/mol. The van der Waals surface area contributed by atoms with Gasteiger partial charge < -0.3 is 4.74 Å². The maximum Gasteiger partial charge on any atom is 0.288 e. The molecule has 0 aliphatic heterocycles. The monoisotopic (exact) mass is 364 g/mol. The Morgan fingerprint density at radius 3 is 2.44 bits per heavy atom. The van der Waals surface area contributed by atoms with Crippen LogP contribution in [-0.2, 0) is 4.79 Å². The van der Waals surface area contributed by atoms with Gasteiger partial charge in [0, 0.05) is 5.69 Å². The van der Waals surface area contributed by atoms with Crippen molar-refractivity contribution >= 4 is 11.8 Å². The lowest BCUT2D eigenvalue weighted by Gasteiger charge is -2.11. The molecule has 0 bridgehead atoms. The molecule has 3 aromatic rings. The number of carbonyl (C=O) groups is 2. The zero-order valence-corrected chi connectivity index (χ0v) is 15.1. The SMILES string of the molecule is Cc1cc(C)cc(OCC(=O)NNC(=O)c2cncn2-c2ccccc2)c1. The minimum atomic E-state index is -0.476. The number of para-hydroxylation sites is 1. The van der Waals surface area contributed by atoms with Crippen molar-refractivity contribution in [2.24, 2.45) is 0 Å². The number of aromatic nitrogens is 2. The lowest BCUT2D eigenvalue weighted by molar-refractivity contribution is -0.123. The number of nitrogens with zero attached hydrogens (tertiary/aromatic N) is 2. The second-order valence-electron chi connectivity index (χ2n) is 6.10. The Bertz CT molecular complexity index is 931. The highest BCUT2D eigenvalue weighted by atomic mass is 16.5. The molecule has 0 fully saturated rings. The summed E-state index contributed by atoms with van der Waals surface area (Å²) in [7, 11) is 0. The van der Waals surface area contributed by atoms with Gasteiger partial charge in [0.1, 0.15) is 11.4 Å². The molecular formula is C20H20N4O3. The largest absolute Gasteiger partial charge is 0.484 e. The fraction of sp³-hybridized carbons (Fsp3) is 0.150. The number of imidazole rings is 1. The van der Waals surface area contributed by atoms with Crippen molar-refractivity contribution in [2.45, 2.75) is 13.8 Å². The molecule has 1 aromatic heterocycles. The number of nitrogens with one attached hydrogen (secondary N) is 2. The number of aryl methyl sites for hydroxylation is 2. The number of rotatable bonds is 5. The Morgan fingerprint density at radius 2 is 1.74 bits per heavy atom. The molecule has 0 saturated heterocycles. The van der Waals surface area contributed by atoms with Crippen LogP contribution in [0.5, 0.6) is 5.75 Å². The molecule has 2 N–H and O–H groups in total. The van der Waals surface area contributed by atoms with Crippen LogP contribution in [0, 0.1) is 13.8 Å². The van der Waals surface area contributed by atoms with E-state index in [0.29, 0.717) is 11.4 Å². The predicted octanol–water partition coefficient (Wildman–Crippen LogP) is 2.33. The number of amides is 2. The maximum atomic E-state index is 12.3. The summed E-state index contributed by atoms with van der Waals surface area (Å²) in [6.07, 6.45) is 2.97. The summed E-state index contributed by atoms with van der Waals surface area (Å²) in [5, 5.41) is 0. The molecule has 7 heteroatoms. The van der Waals surface area contributed by atoms with E-state index < -0.39 is 11.8 Å². The number of carbonyl (C=O) groups excluding carboxylic acids is 2. The Labute approximate surface area is 157 Å². The van der Waals surface area contributed by atoms with E-state index in [0.717, 1.165) is 16.8 Å². The molecule has 7 nitrogen and oxygen atoms in total. The van der Waals surface area contributed by atoms with Crippen LogP contribution < -0.4 is 15.6 Å². The molecular weight excluding hydrogens is 344 g/mol. The smallest absolute Gasteiger partial charge is 0.288 e. The lowest BCUT2D eigenvalue weighted by Crippen LogP contribution is -2.44. The first-order chi connectivity index (χ1) is 13.0. The lowest BCUT2D eigenvalue weighted by atomic mass is 10.1. The first kappa shape index (κ1) is 18.2. The van der Waals surface area contributed by atoms with Gasteiger partial charge in [0.05, 0.1) is 12.5 Å². The van der Waals surface area contributed by atoms with E-state index in [-0.39, 0.29) is 6.61 Å². The number of hydrogen-bond donors (Lipinski definition) is 2. The maximum absolute atomic E-state index is 12.3. The van der Waals surface area contributed by atoms with Gasteiger partial charge in [0.2, 0.25) is 0 Å². The van der Waals surface area contributed by atoms with Crippen molar-refractivity contribution in [3.05, 3.63) is 77.9 Å². The van der Waals surface area contributed by atoms with E-state index >= 15 is 0 Å².